The van der Waals surface area contributed by atoms with Crippen LogP contribution < -0.4 is 10.1 Å². The Morgan fingerprint density at radius 2 is 2.30 bits per heavy atom. The molecule has 1 aliphatic rings. The van der Waals surface area contributed by atoms with Crippen LogP contribution in [0.4, 0.5) is 5.69 Å². The van der Waals surface area contributed by atoms with E-state index in [-0.39, 0.29) is 17.7 Å². The number of likely N-dealkylation sites (tertiary alicyclic amines) is 1. The average molecular weight is 278 g/mol. The number of likely N-dealkylation sites (N-methyl/N-ethyl adjacent to an activating group) is 1. The van der Waals surface area contributed by atoms with Crippen LogP contribution in [-0.2, 0) is 4.79 Å². The first-order valence-electron chi connectivity index (χ1n) is 7.07. The highest BCUT2D eigenvalue weighted by Crippen LogP contribution is 2.28. The number of methoxy groups -OCH3 is 1. The highest BCUT2D eigenvalue weighted by Gasteiger charge is 2.27. The van der Waals surface area contributed by atoms with Gasteiger partial charge in [0.05, 0.1) is 18.8 Å². The van der Waals surface area contributed by atoms with Gasteiger partial charge in [-0.2, -0.15) is 0 Å². The van der Waals surface area contributed by atoms with Crippen molar-refractivity contribution in [1.29, 1.82) is 0 Å². The number of phenols is 1. The highest BCUT2D eigenvalue weighted by molar-refractivity contribution is 5.96. The Morgan fingerprint density at radius 1 is 1.50 bits per heavy atom. The second kappa shape index (κ2) is 6.61. The molecule has 0 spiro atoms. The van der Waals surface area contributed by atoms with Crippen molar-refractivity contribution in [2.75, 3.05) is 25.5 Å². The van der Waals surface area contributed by atoms with Crippen molar-refractivity contribution in [3.05, 3.63) is 18.2 Å². The summed E-state index contributed by atoms with van der Waals surface area (Å²) in [6.45, 7) is 3.90. The third kappa shape index (κ3) is 3.22. The molecule has 0 aliphatic carbocycles. The van der Waals surface area contributed by atoms with Gasteiger partial charge < -0.3 is 15.2 Å². The smallest absolute Gasteiger partial charge is 0.241 e. The molecule has 0 aromatic heterocycles. The zero-order chi connectivity index (χ0) is 14.5. The molecule has 1 saturated heterocycles. The number of nitrogens with zero attached hydrogens (tertiary/aromatic N) is 1. The Labute approximate surface area is 119 Å². The lowest BCUT2D eigenvalue weighted by Crippen LogP contribution is -2.46. The summed E-state index contributed by atoms with van der Waals surface area (Å²) in [4.78, 5) is 14.5. The summed E-state index contributed by atoms with van der Waals surface area (Å²) in [5, 5.41) is 12.7. The number of hydrogen-bond donors (Lipinski definition) is 2. The topological polar surface area (TPSA) is 61.8 Å². The number of rotatable bonds is 4. The zero-order valence-electron chi connectivity index (χ0n) is 12.1. The maximum absolute atomic E-state index is 12.3. The molecule has 1 amide bonds. The quantitative estimate of drug-likeness (QED) is 0.829. The van der Waals surface area contributed by atoms with Gasteiger partial charge in [0.2, 0.25) is 5.91 Å². The lowest BCUT2D eigenvalue weighted by atomic mass is 10.0. The minimum absolute atomic E-state index is 0.0246. The molecule has 1 aromatic carbocycles. The molecule has 0 saturated carbocycles. The van der Waals surface area contributed by atoms with Crippen molar-refractivity contribution in [1.82, 2.24) is 4.90 Å². The monoisotopic (exact) mass is 278 g/mol. The number of anilines is 1. The summed E-state index contributed by atoms with van der Waals surface area (Å²) in [6.07, 6.45) is 3.09. The average Bonchev–Trinajstić information content (AvgIpc) is 2.49. The first kappa shape index (κ1) is 14.7. The summed E-state index contributed by atoms with van der Waals surface area (Å²) in [5.74, 6) is 0.539. The molecule has 5 heteroatoms. The molecule has 0 unspecified atom stereocenters. The van der Waals surface area contributed by atoms with Crippen LogP contribution >= 0.6 is 0 Å². The van der Waals surface area contributed by atoms with Crippen molar-refractivity contribution in [3.8, 4) is 11.5 Å². The Kier molecular flexibility index (Phi) is 4.84. The van der Waals surface area contributed by atoms with E-state index < -0.39 is 0 Å². The predicted octanol–water partition coefficient (Wildman–Crippen LogP) is 2.21. The van der Waals surface area contributed by atoms with Gasteiger partial charge in [0.1, 0.15) is 11.5 Å². The number of hydrogen-bond acceptors (Lipinski definition) is 4. The molecule has 1 aromatic rings. The van der Waals surface area contributed by atoms with E-state index >= 15 is 0 Å². The molecular formula is C15H22N2O3. The Bertz CT molecular complexity index is 476. The number of nitrogens with one attached hydrogen (secondary N) is 1. The van der Waals surface area contributed by atoms with Gasteiger partial charge in [0, 0.05) is 6.07 Å². The summed E-state index contributed by atoms with van der Waals surface area (Å²) in [5.41, 5.74) is 0.428. The van der Waals surface area contributed by atoms with Crippen LogP contribution in [0.1, 0.15) is 26.2 Å². The number of ether oxygens (including phenoxy) is 1. The summed E-state index contributed by atoms with van der Waals surface area (Å²) in [6, 6.07) is 4.77. The molecule has 110 valence electrons. The molecule has 1 atom stereocenters. The van der Waals surface area contributed by atoms with E-state index in [4.69, 9.17) is 4.74 Å². The minimum Gasteiger partial charge on any atom is -0.506 e. The number of phenolic OH excluding ortho intramolecular Hbond substituents is 1. The second-order valence-electron chi connectivity index (χ2n) is 5.01. The van der Waals surface area contributed by atoms with E-state index in [9.17, 15) is 9.90 Å². The molecule has 2 rings (SSSR count). The van der Waals surface area contributed by atoms with E-state index in [1.54, 1.807) is 12.1 Å². The van der Waals surface area contributed by atoms with Gasteiger partial charge >= 0.3 is 0 Å². The van der Waals surface area contributed by atoms with Crippen molar-refractivity contribution in [2.45, 2.75) is 32.2 Å². The number of piperidine rings is 1. The second-order valence-corrected chi connectivity index (χ2v) is 5.01. The first-order chi connectivity index (χ1) is 9.65. The van der Waals surface area contributed by atoms with Gasteiger partial charge in [-0.15, -0.1) is 0 Å². The lowest BCUT2D eigenvalue weighted by molar-refractivity contribution is -0.122. The number of carbonyl (C=O) groups is 1. The standard InChI is InChI=1S/C15H22N2O3/c1-3-17-9-5-4-6-13(17)15(19)16-12-8-7-11(20-2)10-14(12)18/h7-8,10,13,18H,3-6,9H2,1-2H3,(H,16,19)/t13-/m0/s1. The Hall–Kier alpha value is -1.75. The maximum atomic E-state index is 12.3. The van der Waals surface area contributed by atoms with Crippen molar-refractivity contribution < 1.29 is 14.6 Å². The Morgan fingerprint density at radius 3 is 2.95 bits per heavy atom. The molecule has 0 radical (unpaired) electrons. The fourth-order valence-electron chi connectivity index (χ4n) is 2.63. The molecule has 20 heavy (non-hydrogen) atoms. The fourth-order valence-corrected chi connectivity index (χ4v) is 2.63. The molecule has 1 fully saturated rings. The van der Waals surface area contributed by atoms with Crippen LogP contribution in [0, 0.1) is 0 Å². The van der Waals surface area contributed by atoms with E-state index in [0.29, 0.717) is 11.4 Å². The first-order valence-corrected chi connectivity index (χ1v) is 7.07. The number of carbonyl (C=O) groups excluding carboxylic acids is 1. The van der Waals surface area contributed by atoms with Crippen molar-refractivity contribution >= 4 is 11.6 Å². The SMILES string of the molecule is CCN1CCCC[C@H]1C(=O)Nc1ccc(OC)cc1O. The molecule has 2 N–H and O–H groups in total. The van der Waals surface area contributed by atoms with Gasteiger partial charge in [-0.05, 0) is 38.1 Å². The summed E-state index contributed by atoms with van der Waals surface area (Å²) in [7, 11) is 1.54. The number of amides is 1. The fraction of sp³-hybridized carbons (Fsp3) is 0.533. The van der Waals surface area contributed by atoms with Crippen molar-refractivity contribution in [2.24, 2.45) is 0 Å². The lowest BCUT2D eigenvalue weighted by Gasteiger charge is -2.33. The van der Waals surface area contributed by atoms with Gasteiger partial charge in [0.25, 0.3) is 0 Å². The zero-order valence-corrected chi connectivity index (χ0v) is 12.1. The van der Waals surface area contributed by atoms with Gasteiger partial charge in [-0.1, -0.05) is 13.3 Å². The predicted molar refractivity (Wildman–Crippen MR) is 78.2 cm³/mol. The maximum Gasteiger partial charge on any atom is 0.241 e. The number of aromatic hydroxyl groups is 1. The van der Waals surface area contributed by atoms with Crippen molar-refractivity contribution in [3.63, 3.8) is 0 Å². The van der Waals surface area contributed by atoms with Gasteiger partial charge in [-0.25, -0.2) is 0 Å². The van der Waals surface area contributed by atoms with Gasteiger partial charge in [0.15, 0.2) is 0 Å². The summed E-state index contributed by atoms with van der Waals surface area (Å²) < 4.78 is 5.02. The van der Waals surface area contributed by atoms with Gasteiger partial charge in [-0.3, -0.25) is 9.69 Å². The van der Waals surface area contributed by atoms with E-state index in [0.717, 1.165) is 32.4 Å². The van der Waals surface area contributed by atoms with Crippen LogP contribution in [0.25, 0.3) is 0 Å². The molecular weight excluding hydrogens is 256 g/mol. The largest absolute Gasteiger partial charge is 0.506 e. The summed E-state index contributed by atoms with van der Waals surface area (Å²) >= 11 is 0. The van der Waals surface area contributed by atoms with Crippen LogP contribution in [0.3, 0.4) is 0 Å². The third-order valence-electron chi connectivity index (χ3n) is 3.79. The third-order valence-corrected chi connectivity index (χ3v) is 3.79. The van der Waals surface area contributed by atoms with Crippen LogP contribution in [0.15, 0.2) is 18.2 Å². The normalized spacial score (nSPS) is 19.6. The molecule has 0 bridgehead atoms. The van der Waals surface area contributed by atoms with E-state index in [2.05, 4.69) is 17.1 Å². The van der Waals surface area contributed by atoms with Crippen LogP contribution in [0.5, 0.6) is 11.5 Å². The number of benzene rings is 1. The van der Waals surface area contributed by atoms with E-state index in [1.165, 1.54) is 13.2 Å². The molecule has 5 nitrogen and oxygen atoms in total. The van der Waals surface area contributed by atoms with Crippen LogP contribution in [0.2, 0.25) is 0 Å². The highest BCUT2D eigenvalue weighted by atomic mass is 16.5. The molecule has 1 heterocycles. The Balaban J connectivity index is 2.07. The molecule has 1 aliphatic heterocycles. The van der Waals surface area contributed by atoms with Crippen LogP contribution in [-0.4, -0.2) is 42.2 Å². The van der Waals surface area contributed by atoms with E-state index in [1.807, 2.05) is 0 Å². The minimum atomic E-state index is -0.102.